The predicted octanol–water partition coefficient (Wildman–Crippen LogP) is 2.47. The fourth-order valence-electron chi connectivity index (χ4n) is 2.56. The molecular weight excluding hydrogens is 282 g/mol. The maximum Gasteiger partial charge on any atom is 0.169 e. The molecule has 0 aliphatic carbocycles. The molecule has 0 fully saturated rings. The fraction of sp³-hybridized carbons (Fsp3) is 0.294. The molecular formula is C17H19NO4. The highest BCUT2D eigenvalue weighted by atomic mass is 16.6. The van der Waals surface area contributed by atoms with Crippen molar-refractivity contribution in [1.82, 2.24) is 0 Å². The van der Waals surface area contributed by atoms with Crippen LogP contribution in [0.4, 0.5) is 0 Å². The number of ether oxygens (including phenoxy) is 4. The lowest BCUT2D eigenvalue weighted by Crippen LogP contribution is -2.35. The highest BCUT2D eigenvalue weighted by Gasteiger charge is 2.25. The summed E-state index contributed by atoms with van der Waals surface area (Å²) < 4.78 is 22.6. The normalized spacial score (nSPS) is 16.2. The lowest BCUT2D eigenvalue weighted by molar-refractivity contribution is 0.0976. The van der Waals surface area contributed by atoms with Gasteiger partial charge in [-0.2, -0.15) is 0 Å². The number of hydrogen-bond acceptors (Lipinski definition) is 5. The maximum absolute atomic E-state index is 5.99. The molecule has 3 rings (SSSR count). The molecule has 0 saturated heterocycles. The first-order valence-electron chi connectivity index (χ1n) is 7.12. The first-order valence-corrected chi connectivity index (χ1v) is 7.12. The van der Waals surface area contributed by atoms with E-state index in [1.807, 2.05) is 36.4 Å². The van der Waals surface area contributed by atoms with Crippen molar-refractivity contribution < 1.29 is 18.9 Å². The molecule has 1 heterocycles. The van der Waals surface area contributed by atoms with Gasteiger partial charge in [0.1, 0.15) is 12.7 Å². The van der Waals surface area contributed by atoms with Crippen molar-refractivity contribution in [1.29, 1.82) is 0 Å². The first-order chi connectivity index (χ1) is 10.8. The van der Waals surface area contributed by atoms with Crippen LogP contribution < -0.4 is 24.7 Å². The van der Waals surface area contributed by atoms with Gasteiger partial charge in [0.2, 0.25) is 0 Å². The SMILES string of the molecule is COc1cccc(-c2cccc3c2OC(CN)CO3)c1OC. The van der Waals surface area contributed by atoms with E-state index >= 15 is 0 Å². The Morgan fingerprint density at radius 2 is 1.86 bits per heavy atom. The first kappa shape index (κ1) is 14.5. The summed E-state index contributed by atoms with van der Waals surface area (Å²) in [4.78, 5) is 0. The van der Waals surface area contributed by atoms with Crippen LogP contribution in [0.3, 0.4) is 0 Å². The average Bonchev–Trinajstić information content (AvgIpc) is 2.59. The minimum atomic E-state index is -0.148. The summed E-state index contributed by atoms with van der Waals surface area (Å²) in [6.07, 6.45) is -0.148. The van der Waals surface area contributed by atoms with Gasteiger partial charge in [-0.3, -0.25) is 0 Å². The molecule has 1 atom stereocenters. The Kier molecular flexibility index (Phi) is 4.06. The van der Waals surface area contributed by atoms with E-state index in [1.165, 1.54) is 0 Å². The number of methoxy groups -OCH3 is 2. The van der Waals surface area contributed by atoms with Crippen LogP contribution in [0.2, 0.25) is 0 Å². The topological polar surface area (TPSA) is 62.9 Å². The van der Waals surface area contributed by atoms with Gasteiger partial charge < -0.3 is 24.7 Å². The second-order valence-corrected chi connectivity index (χ2v) is 4.96. The molecule has 0 spiro atoms. The smallest absolute Gasteiger partial charge is 0.169 e. The third-order valence-electron chi connectivity index (χ3n) is 3.64. The van der Waals surface area contributed by atoms with Crippen LogP contribution in [0.15, 0.2) is 36.4 Å². The molecule has 2 aromatic rings. The van der Waals surface area contributed by atoms with Gasteiger partial charge in [-0.25, -0.2) is 0 Å². The highest BCUT2D eigenvalue weighted by molar-refractivity contribution is 5.80. The van der Waals surface area contributed by atoms with Crippen LogP contribution in [0.25, 0.3) is 11.1 Å². The van der Waals surface area contributed by atoms with Crippen LogP contribution in [-0.4, -0.2) is 33.5 Å². The number of para-hydroxylation sites is 2. The van der Waals surface area contributed by atoms with Crippen LogP contribution in [0.1, 0.15) is 0 Å². The largest absolute Gasteiger partial charge is 0.493 e. The van der Waals surface area contributed by atoms with E-state index in [4.69, 9.17) is 24.7 Å². The molecule has 1 aliphatic heterocycles. The van der Waals surface area contributed by atoms with E-state index in [1.54, 1.807) is 14.2 Å². The van der Waals surface area contributed by atoms with Crippen molar-refractivity contribution in [3.63, 3.8) is 0 Å². The minimum absolute atomic E-state index is 0.148. The number of hydrogen-bond donors (Lipinski definition) is 1. The Morgan fingerprint density at radius 1 is 1.09 bits per heavy atom. The Morgan fingerprint density at radius 3 is 2.59 bits per heavy atom. The second kappa shape index (κ2) is 6.15. The van der Waals surface area contributed by atoms with Gasteiger partial charge in [-0.1, -0.05) is 24.3 Å². The number of rotatable bonds is 4. The highest BCUT2D eigenvalue weighted by Crippen LogP contribution is 2.46. The molecule has 2 aromatic carbocycles. The monoisotopic (exact) mass is 301 g/mol. The molecule has 2 N–H and O–H groups in total. The molecule has 0 amide bonds. The predicted molar refractivity (Wildman–Crippen MR) is 83.9 cm³/mol. The van der Waals surface area contributed by atoms with Crippen molar-refractivity contribution in [3.05, 3.63) is 36.4 Å². The Bertz CT molecular complexity index is 672. The van der Waals surface area contributed by atoms with Gasteiger partial charge in [-0.15, -0.1) is 0 Å². The molecule has 116 valence electrons. The number of benzene rings is 2. The second-order valence-electron chi connectivity index (χ2n) is 4.96. The van der Waals surface area contributed by atoms with Crippen molar-refractivity contribution in [3.8, 4) is 34.1 Å². The summed E-state index contributed by atoms with van der Waals surface area (Å²) in [5.41, 5.74) is 7.48. The van der Waals surface area contributed by atoms with Gasteiger partial charge in [0.25, 0.3) is 0 Å². The molecule has 0 saturated carbocycles. The van der Waals surface area contributed by atoms with Crippen molar-refractivity contribution >= 4 is 0 Å². The van der Waals surface area contributed by atoms with Gasteiger partial charge in [0, 0.05) is 17.7 Å². The lowest BCUT2D eigenvalue weighted by atomic mass is 10.0. The van der Waals surface area contributed by atoms with E-state index < -0.39 is 0 Å². The Hall–Kier alpha value is -2.40. The van der Waals surface area contributed by atoms with E-state index in [-0.39, 0.29) is 6.10 Å². The fourth-order valence-corrected chi connectivity index (χ4v) is 2.56. The molecule has 5 heteroatoms. The number of nitrogens with two attached hydrogens (primary N) is 1. The molecule has 1 aliphatic rings. The van der Waals surface area contributed by atoms with Crippen LogP contribution >= 0.6 is 0 Å². The third-order valence-corrected chi connectivity index (χ3v) is 3.64. The van der Waals surface area contributed by atoms with Crippen LogP contribution in [-0.2, 0) is 0 Å². The maximum atomic E-state index is 5.99. The van der Waals surface area contributed by atoms with E-state index in [0.29, 0.717) is 36.1 Å². The standard InChI is InChI=1S/C17H19NO4/c1-19-14-7-3-5-12(16(14)20-2)13-6-4-8-15-17(13)22-11(9-18)10-21-15/h3-8,11H,9-10,18H2,1-2H3. The Balaban J connectivity index is 2.14. The molecule has 1 unspecified atom stereocenters. The van der Waals surface area contributed by atoms with Crippen LogP contribution in [0.5, 0.6) is 23.0 Å². The van der Waals surface area contributed by atoms with Crippen molar-refractivity contribution in [2.24, 2.45) is 5.73 Å². The quantitative estimate of drug-likeness (QED) is 0.940. The van der Waals surface area contributed by atoms with E-state index in [0.717, 1.165) is 11.1 Å². The molecule has 0 aromatic heterocycles. The zero-order valence-electron chi connectivity index (χ0n) is 12.7. The van der Waals surface area contributed by atoms with Gasteiger partial charge in [-0.05, 0) is 12.1 Å². The lowest BCUT2D eigenvalue weighted by Gasteiger charge is -2.27. The zero-order chi connectivity index (χ0) is 15.5. The number of fused-ring (bicyclic) bond motifs is 1. The van der Waals surface area contributed by atoms with E-state index in [2.05, 4.69) is 0 Å². The molecule has 5 nitrogen and oxygen atoms in total. The van der Waals surface area contributed by atoms with E-state index in [9.17, 15) is 0 Å². The summed E-state index contributed by atoms with van der Waals surface area (Å²) in [7, 11) is 3.24. The van der Waals surface area contributed by atoms with Gasteiger partial charge >= 0.3 is 0 Å². The molecule has 22 heavy (non-hydrogen) atoms. The van der Waals surface area contributed by atoms with Gasteiger partial charge in [0.05, 0.1) is 14.2 Å². The summed E-state index contributed by atoms with van der Waals surface area (Å²) in [5.74, 6) is 2.74. The Labute approximate surface area is 129 Å². The molecule has 0 bridgehead atoms. The average molecular weight is 301 g/mol. The van der Waals surface area contributed by atoms with Gasteiger partial charge in [0.15, 0.2) is 23.0 Å². The minimum Gasteiger partial charge on any atom is -0.493 e. The summed E-state index contributed by atoms with van der Waals surface area (Å²) >= 11 is 0. The van der Waals surface area contributed by atoms with Crippen molar-refractivity contribution in [2.75, 3.05) is 27.4 Å². The zero-order valence-corrected chi connectivity index (χ0v) is 12.7. The third kappa shape index (κ3) is 2.44. The summed E-state index contributed by atoms with van der Waals surface area (Å²) in [5, 5.41) is 0. The summed E-state index contributed by atoms with van der Waals surface area (Å²) in [6.45, 7) is 0.866. The van der Waals surface area contributed by atoms with Crippen molar-refractivity contribution in [2.45, 2.75) is 6.10 Å². The molecule has 0 radical (unpaired) electrons. The van der Waals surface area contributed by atoms with Crippen LogP contribution in [0, 0.1) is 0 Å². The summed E-state index contributed by atoms with van der Waals surface area (Å²) in [6, 6.07) is 11.5.